The first kappa shape index (κ1) is 12.5. The summed E-state index contributed by atoms with van der Waals surface area (Å²) in [4.78, 5) is 4.39. The molecule has 0 bridgehead atoms. The van der Waals surface area contributed by atoms with Crippen LogP contribution in [-0.2, 0) is 0 Å². The Bertz CT molecular complexity index is 575. The van der Waals surface area contributed by atoms with Crippen LogP contribution in [0, 0.1) is 18.8 Å². The molecule has 0 saturated heterocycles. The van der Waals surface area contributed by atoms with Crippen molar-refractivity contribution in [2.24, 2.45) is 11.8 Å². The van der Waals surface area contributed by atoms with Crippen LogP contribution in [0.2, 0.25) is 0 Å². The third-order valence-electron chi connectivity index (χ3n) is 4.46. The van der Waals surface area contributed by atoms with Crippen LogP contribution in [0.3, 0.4) is 0 Å². The van der Waals surface area contributed by atoms with E-state index in [9.17, 15) is 0 Å². The molecule has 3 rings (SSSR count). The Labute approximate surface area is 114 Å². The number of nitrogens with one attached hydrogen (secondary N) is 1. The smallest absolute Gasteiger partial charge is 0.192 e. The summed E-state index contributed by atoms with van der Waals surface area (Å²) in [6.45, 7) is 6.62. The van der Waals surface area contributed by atoms with Gasteiger partial charge in [-0.05, 0) is 49.3 Å². The number of oxazole rings is 1. The molecule has 0 spiro atoms. The molecule has 1 N–H and O–H groups in total. The van der Waals surface area contributed by atoms with E-state index in [1.807, 2.05) is 13.0 Å². The highest BCUT2D eigenvalue weighted by atomic mass is 16.3. The number of fused-ring (bicyclic) bond motifs is 1. The molecule has 1 fully saturated rings. The second-order valence-corrected chi connectivity index (χ2v) is 6.02. The molecule has 2 aromatic rings. The van der Waals surface area contributed by atoms with Crippen LogP contribution < -0.4 is 5.32 Å². The summed E-state index contributed by atoms with van der Waals surface area (Å²) >= 11 is 0. The lowest BCUT2D eigenvalue weighted by Crippen LogP contribution is -2.30. The van der Waals surface area contributed by atoms with Gasteiger partial charge >= 0.3 is 0 Å². The summed E-state index contributed by atoms with van der Waals surface area (Å²) in [7, 11) is 0. The van der Waals surface area contributed by atoms with Gasteiger partial charge in [0.25, 0.3) is 0 Å². The molecule has 1 heterocycles. The zero-order valence-electron chi connectivity index (χ0n) is 11.9. The van der Waals surface area contributed by atoms with Crippen LogP contribution in [0.25, 0.3) is 11.1 Å². The monoisotopic (exact) mass is 258 g/mol. The number of hydrogen-bond acceptors (Lipinski definition) is 3. The average molecular weight is 258 g/mol. The van der Waals surface area contributed by atoms with Crippen molar-refractivity contribution in [2.75, 3.05) is 5.32 Å². The Kier molecular flexibility index (Phi) is 3.21. The summed E-state index contributed by atoms with van der Waals surface area (Å²) in [5.41, 5.74) is 2.97. The van der Waals surface area contributed by atoms with E-state index in [1.54, 1.807) is 0 Å². The first-order valence-corrected chi connectivity index (χ1v) is 7.25. The highest BCUT2D eigenvalue weighted by Crippen LogP contribution is 2.31. The zero-order valence-corrected chi connectivity index (χ0v) is 11.9. The van der Waals surface area contributed by atoms with Gasteiger partial charge in [0, 0.05) is 18.7 Å². The lowest BCUT2D eigenvalue weighted by atomic mass is 9.79. The predicted octanol–water partition coefficient (Wildman–Crippen LogP) is 4.37. The molecule has 1 saturated carbocycles. The van der Waals surface area contributed by atoms with Gasteiger partial charge in [0.2, 0.25) is 0 Å². The van der Waals surface area contributed by atoms with E-state index in [0.29, 0.717) is 6.04 Å². The summed E-state index contributed by atoms with van der Waals surface area (Å²) in [6, 6.07) is 6.79. The lowest BCUT2D eigenvalue weighted by molar-refractivity contribution is 0.261. The second kappa shape index (κ2) is 4.87. The summed E-state index contributed by atoms with van der Waals surface area (Å²) in [5, 5.41) is 3.65. The SMILES string of the molecule is Cc1nc2cc(NC3CCC(C)C(C)C3)ccc2o1. The molecule has 3 nitrogen and oxygen atoms in total. The van der Waals surface area contributed by atoms with Crippen molar-refractivity contribution in [1.82, 2.24) is 4.98 Å². The van der Waals surface area contributed by atoms with E-state index in [2.05, 4.69) is 36.3 Å². The molecule has 0 amide bonds. The molecule has 3 atom stereocenters. The van der Waals surface area contributed by atoms with E-state index in [-0.39, 0.29) is 0 Å². The molecule has 1 aromatic carbocycles. The highest BCUT2D eigenvalue weighted by Gasteiger charge is 2.24. The number of nitrogens with zero attached hydrogens (tertiary/aromatic N) is 1. The summed E-state index contributed by atoms with van der Waals surface area (Å²) in [5.74, 6) is 2.40. The number of aromatic nitrogens is 1. The Morgan fingerprint density at radius 1 is 1.21 bits per heavy atom. The summed E-state index contributed by atoms with van der Waals surface area (Å²) < 4.78 is 5.51. The van der Waals surface area contributed by atoms with E-state index >= 15 is 0 Å². The third kappa shape index (κ3) is 2.60. The second-order valence-electron chi connectivity index (χ2n) is 6.02. The van der Waals surface area contributed by atoms with Crippen molar-refractivity contribution in [3.63, 3.8) is 0 Å². The fourth-order valence-electron chi connectivity index (χ4n) is 3.05. The fraction of sp³-hybridized carbons (Fsp3) is 0.562. The molecule has 0 aliphatic heterocycles. The Morgan fingerprint density at radius 2 is 2.05 bits per heavy atom. The zero-order chi connectivity index (χ0) is 13.4. The van der Waals surface area contributed by atoms with Crippen LogP contribution in [0.1, 0.15) is 39.0 Å². The number of benzene rings is 1. The Morgan fingerprint density at radius 3 is 2.84 bits per heavy atom. The first-order valence-electron chi connectivity index (χ1n) is 7.25. The van der Waals surface area contributed by atoms with Crippen molar-refractivity contribution >= 4 is 16.8 Å². The van der Waals surface area contributed by atoms with Gasteiger partial charge < -0.3 is 9.73 Å². The third-order valence-corrected chi connectivity index (χ3v) is 4.46. The maximum Gasteiger partial charge on any atom is 0.192 e. The van der Waals surface area contributed by atoms with E-state index < -0.39 is 0 Å². The molecule has 1 aliphatic carbocycles. The van der Waals surface area contributed by atoms with Crippen LogP contribution in [-0.4, -0.2) is 11.0 Å². The minimum absolute atomic E-state index is 0.594. The van der Waals surface area contributed by atoms with Crippen molar-refractivity contribution in [1.29, 1.82) is 0 Å². The van der Waals surface area contributed by atoms with E-state index in [1.165, 1.54) is 19.3 Å². The molecular formula is C16H22N2O. The van der Waals surface area contributed by atoms with Gasteiger partial charge in [-0.2, -0.15) is 0 Å². The van der Waals surface area contributed by atoms with E-state index in [4.69, 9.17) is 4.42 Å². The molecule has 1 aliphatic rings. The van der Waals surface area contributed by atoms with Crippen LogP contribution in [0.5, 0.6) is 0 Å². The molecule has 102 valence electrons. The van der Waals surface area contributed by atoms with E-state index in [0.717, 1.165) is 34.5 Å². The first-order chi connectivity index (χ1) is 9.11. The molecule has 0 radical (unpaired) electrons. The molecule has 3 heteroatoms. The number of anilines is 1. The van der Waals surface area contributed by atoms with Crippen molar-refractivity contribution < 1.29 is 4.42 Å². The Balaban J connectivity index is 1.74. The van der Waals surface area contributed by atoms with Gasteiger partial charge in [-0.3, -0.25) is 0 Å². The summed E-state index contributed by atoms with van der Waals surface area (Å²) in [6.07, 6.45) is 3.85. The minimum Gasteiger partial charge on any atom is -0.441 e. The average Bonchev–Trinajstić information content (AvgIpc) is 2.73. The molecule has 1 aromatic heterocycles. The standard InChI is InChI=1S/C16H22N2O/c1-10-4-5-13(8-11(10)2)18-14-6-7-16-15(9-14)17-12(3)19-16/h6-7,9-11,13,18H,4-5,8H2,1-3H3. The maximum atomic E-state index is 5.51. The van der Waals surface area contributed by atoms with Gasteiger partial charge in [0.15, 0.2) is 11.5 Å². The van der Waals surface area contributed by atoms with Gasteiger partial charge in [-0.15, -0.1) is 0 Å². The lowest BCUT2D eigenvalue weighted by Gasteiger charge is -2.33. The topological polar surface area (TPSA) is 38.1 Å². The van der Waals surface area contributed by atoms with Crippen LogP contribution in [0.4, 0.5) is 5.69 Å². The normalized spacial score (nSPS) is 27.6. The maximum absolute atomic E-state index is 5.51. The molecule has 19 heavy (non-hydrogen) atoms. The molecular weight excluding hydrogens is 236 g/mol. The van der Waals surface area contributed by atoms with Gasteiger partial charge in [0.05, 0.1) is 0 Å². The van der Waals surface area contributed by atoms with Gasteiger partial charge in [0.1, 0.15) is 5.52 Å². The van der Waals surface area contributed by atoms with Crippen molar-refractivity contribution in [3.05, 3.63) is 24.1 Å². The minimum atomic E-state index is 0.594. The Hall–Kier alpha value is -1.51. The van der Waals surface area contributed by atoms with Crippen molar-refractivity contribution in [3.8, 4) is 0 Å². The quantitative estimate of drug-likeness (QED) is 0.869. The number of rotatable bonds is 2. The largest absolute Gasteiger partial charge is 0.441 e. The predicted molar refractivity (Wildman–Crippen MR) is 78.3 cm³/mol. The van der Waals surface area contributed by atoms with Crippen LogP contribution in [0.15, 0.2) is 22.6 Å². The number of hydrogen-bond donors (Lipinski definition) is 1. The number of aryl methyl sites for hydroxylation is 1. The van der Waals surface area contributed by atoms with Gasteiger partial charge in [-0.1, -0.05) is 13.8 Å². The molecule has 3 unspecified atom stereocenters. The van der Waals surface area contributed by atoms with Gasteiger partial charge in [-0.25, -0.2) is 4.98 Å². The fourth-order valence-corrected chi connectivity index (χ4v) is 3.05. The highest BCUT2D eigenvalue weighted by molar-refractivity contribution is 5.77. The van der Waals surface area contributed by atoms with Crippen molar-refractivity contribution in [2.45, 2.75) is 46.1 Å². The van der Waals surface area contributed by atoms with Crippen LogP contribution >= 0.6 is 0 Å².